The molecule has 0 saturated carbocycles. The first-order valence-electron chi connectivity index (χ1n) is 4.62. The van der Waals surface area contributed by atoms with Crippen molar-refractivity contribution in [3.8, 4) is 0 Å². The molecule has 0 radical (unpaired) electrons. The van der Waals surface area contributed by atoms with Crippen molar-refractivity contribution in [1.29, 1.82) is 0 Å². The van der Waals surface area contributed by atoms with E-state index in [0.717, 1.165) is 19.3 Å². The molecule has 0 aliphatic heterocycles. The lowest BCUT2D eigenvalue weighted by Crippen LogP contribution is -1.71. The molecule has 0 rings (SSSR count). The monoisotopic (exact) mass is 163 g/mol. The van der Waals surface area contributed by atoms with Gasteiger partial charge in [0.15, 0.2) is 0 Å². The third-order valence-electron chi connectivity index (χ3n) is 1.61. The second kappa shape index (κ2) is 10.1. The summed E-state index contributed by atoms with van der Waals surface area (Å²) in [6.45, 7) is 7.31. The Hall–Kier alpha value is -0.910. The van der Waals surface area contributed by atoms with Crippen LogP contribution in [0.2, 0.25) is 0 Å². The molecule has 12 heavy (non-hydrogen) atoms. The van der Waals surface area contributed by atoms with Crippen molar-refractivity contribution in [1.82, 2.24) is 0 Å². The zero-order valence-corrected chi connectivity index (χ0v) is 7.84. The second-order valence-corrected chi connectivity index (χ2v) is 2.74. The first kappa shape index (κ1) is 11.1. The highest BCUT2D eigenvalue weighted by Crippen LogP contribution is 2.00. The lowest BCUT2D eigenvalue weighted by Gasteiger charge is -1.88. The van der Waals surface area contributed by atoms with Crippen molar-refractivity contribution in [2.24, 2.45) is 0 Å². The topological polar surface area (TPSA) is 0 Å². The van der Waals surface area contributed by atoms with E-state index >= 15 is 0 Å². The molecule has 0 N–H and O–H groups in total. The molecule has 0 aromatic rings. The SMILES string of the molecule is C=C[CH+]CC/C=C\CCCC=C. The van der Waals surface area contributed by atoms with Gasteiger partial charge in [0.2, 0.25) is 0 Å². The minimum Gasteiger partial charge on any atom is -0.103 e. The Morgan fingerprint density at radius 1 is 1.00 bits per heavy atom. The third kappa shape index (κ3) is 9.09. The van der Waals surface area contributed by atoms with E-state index < -0.39 is 0 Å². The van der Waals surface area contributed by atoms with E-state index in [1.54, 1.807) is 0 Å². The molecule has 0 spiro atoms. The van der Waals surface area contributed by atoms with E-state index in [4.69, 9.17) is 0 Å². The van der Waals surface area contributed by atoms with Crippen LogP contribution in [0.4, 0.5) is 0 Å². The zero-order chi connectivity index (χ0) is 9.07. The summed E-state index contributed by atoms with van der Waals surface area (Å²) in [7, 11) is 0. The number of allylic oxidation sites excluding steroid dienone is 4. The Morgan fingerprint density at radius 3 is 2.42 bits per heavy atom. The molecular formula is C12H19+. The summed E-state index contributed by atoms with van der Waals surface area (Å²) in [5, 5.41) is 0. The van der Waals surface area contributed by atoms with Gasteiger partial charge in [-0.3, -0.25) is 0 Å². The summed E-state index contributed by atoms with van der Waals surface area (Å²) in [4.78, 5) is 0. The predicted octanol–water partition coefficient (Wildman–Crippen LogP) is 4.07. The highest BCUT2D eigenvalue weighted by Gasteiger charge is 1.84. The summed E-state index contributed by atoms with van der Waals surface area (Å²) in [6, 6.07) is 0. The van der Waals surface area contributed by atoms with Gasteiger partial charge in [0.05, 0.1) is 6.08 Å². The molecule has 0 aromatic carbocycles. The van der Waals surface area contributed by atoms with Crippen molar-refractivity contribution < 1.29 is 0 Å². The Bertz CT molecular complexity index is 115. The molecule has 0 heterocycles. The van der Waals surface area contributed by atoms with Gasteiger partial charge in [-0.1, -0.05) is 18.2 Å². The largest absolute Gasteiger partial charge is 0.103 e. The summed E-state index contributed by atoms with van der Waals surface area (Å²) in [5.74, 6) is 0. The van der Waals surface area contributed by atoms with E-state index in [0.29, 0.717) is 0 Å². The van der Waals surface area contributed by atoms with Gasteiger partial charge in [-0.15, -0.1) is 6.58 Å². The van der Waals surface area contributed by atoms with Gasteiger partial charge in [-0.25, -0.2) is 0 Å². The van der Waals surface area contributed by atoms with E-state index in [1.165, 1.54) is 12.8 Å². The fourth-order valence-corrected chi connectivity index (χ4v) is 0.926. The minimum atomic E-state index is 1.11. The van der Waals surface area contributed by atoms with Crippen LogP contribution in [0, 0.1) is 6.42 Å². The molecule has 66 valence electrons. The molecule has 0 aliphatic carbocycles. The predicted molar refractivity (Wildman–Crippen MR) is 56.9 cm³/mol. The van der Waals surface area contributed by atoms with E-state index in [9.17, 15) is 0 Å². The smallest absolute Gasteiger partial charge is 0.0864 e. The highest BCUT2D eigenvalue weighted by atomic mass is 13.9. The standard InChI is InChI=1S/C12H19/c1-3-5-7-9-11-12-10-8-6-4-2/h3-5,11-12H,1-2,6-10H2/q+1/b12-11-. The average molecular weight is 163 g/mol. The van der Waals surface area contributed by atoms with Crippen LogP contribution in [0.25, 0.3) is 0 Å². The minimum absolute atomic E-state index is 1.11. The molecule has 0 unspecified atom stereocenters. The molecule has 0 nitrogen and oxygen atoms in total. The maximum absolute atomic E-state index is 3.68. The molecule has 0 bridgehead atoms. The first-order chi connectivity index (χ1) is 5.91. The van der Waals surface area contributed by atoms with E-state index in [-0.39, 0.29) is 0 Å². The van der Waals surface area contributed by atoms with Gasteiger partial charge in [0.25, 0.3) is 0 Å². The lowest BCUT2D eigenvalue weighted by atomic mass is 10.2. The summed E-state index contributed by atoms with van der Waals surface area (Å²) < 4.78 is 0. The highest BCUT2D eigenvalue weighted by molar-refractivity contribution is 4.90. The van der Waals surface area contributed by atoms with Crippen molar-refractivity contribution in [3.05, 3.63) is 43.9 Å². The van der Waals surface area contributed by atoms with Gasteiger partial charge in [-0.2, -0.15) is 0 Å². The third-order valence-corrected chi connectivity index (χ3v) is 1.61. The maximum atomic E-state index is 3.68. The number of hydrogen-bond donors (Lipinski definition) is 0. The Morgan fingerprint density at radius 2 is 1.75 bits per heavy atom. The molecule has 0 heteroatoms. The Balaban J connectivity index is 3.02. The van der Waals surface area contributed by atoms with Crippen LogP contribution < -0.4 is 0 Å². The van der Waals surface area contributed by atoms with Crippen LogP contribution in [0.1, 0.15) is 32.1 Å². The Labute approximate surface area is 76.7 Å². The fourth-order valence-electron chi connectivity index (χ4n) is 0.926. The van der Waals surface area contributed by atoms with Gasteiger partial charge in [-0.05, 0) is 25.7 Å². The Kier molecular flexibility index (Phi) is 9.32. The van der Waals surface area contributed by atoms with Crippen molar-refractivity contribution in [2.45, 2.75) is 32.1 Å². The van der Waals surface area contributed by atoms with Crippen molar-refractivity contribution in [2.75, 3.05) is 0 Å². The lowest BCUT2D eigenvalue weighted by molar-refractivity contribution is 0.862. The molecular weight excluding hydrogens is 144 g/mol. The van der Waals surface area contributed by atoms with Crippen molar-refractivity contribution >= 4 is 0 Å². The summed E-state index contributed by atoms with van der Waals surface area (Å²) >= 11 is 0. The number of rotatable bonds is 8. The van der Waals surface area contributed by atoms with Gasteiger partial charge in [0.1, 0.15) is 0 Å². The molecule has 0 fully saturated rings. The molecule has 0 aliphatic rings. The van der Waals surface area contributed by atoms with E-state index in [1.807, 2.05) is 12.2 Å². The number of unbranched alkanes of at least 4 members (excludes halogenated alkanes) is 4. The molecule has 0 saturated heterocycles. The van der Waals surface area contributed by atoms with Crippen LogP contribution >= 0.6 is 0 Å². The van der Waals surface area contributed by atoms with Crippen LogP contribution in [-0.4, -0.2) is 0 Å². The van der Waals surface area contributed by atoms with Crippen molar-refractivity contribution in [3.63, 3.8) is 0 Å². The average Bonchev–Trinajstić information content (AvgIpc) is 2.10. The number of hydrogen-bond acceptors (Lipinski definition) is 0. The van der Waals surface area contributed by atoms with Gasteiger partial charge in [0, 0.05) is 19.4 Å². The second-order valence-electron chi connectivity index (χ2n) is 2.74. The van der Waals surface area contributed by atoms with Crippen LogP contribution in [-0.2, 0) is 0 Å². The van der Waals surface area contributed by atoms with Crippen LogP contribution in [0.15, 0.2) is 37.5 Å². The van der Waals surface area contributed by atoms with Crippen LogP contribution in [0.3, 0.4) is 0 Å². The van der Waals surface area contributed by atoms with Gasteiger partial charge < -0.3 is 0 Å². The fraction of sp³-hybridized carbons (Fsp3) is 0.417. The van der Waals surface area contributed by atoms with E-state index in [2.05, 4.69) is 31.7 Å². The zero-order valence-electron chi connectivity index (χ0n) is 7.84. The molecule has 0 aromatic heterocycles. The first-order valence-corrected chi connectivity index (χ1v) is 4.62. The maximum Gasteiger partial charge on any atom is 0.0864 e. The van der Waals surface area contributed by atoms with Crippen LogP contribution in [0.5, 0.6) is 0 Å². The molecule has 0 amide bonds. The quantitative estimate of drug-likeness (QED) is 0.287. The van der Waals surface area contributed by atoms with Gasteiger partial charge >= 0.3 is 0 Å². The normalized spacial score (nSPS) is 10.0. The summed E-state index contributed by atoms with van der Waals surface area (Å²) in [5.41, 5.74) is 0. The summed E-state index contributed by atoms with van der Waals surface area (Å²) in [6.07, 6.45) is 16.2. The molecule has 0 atom stereocenters.